The van der Waals surface area contributed by atoms with Crippen LogP contribution in [-0.4, -0.2) is 26.6 Å². The van der Waals surface area contributed by atoms with Crippen LogP contribution in [0, 0.1) is 0 Å². The largest absolute Gasteiger partial charge is 0.497 e. The summed E-state index contributed by atoms with van der Waals surface area (Å²) in [6.07, 6.45) is 6.68. The Balaban J connectivity index is 1.99. The van der Waals surface area contributed by atoms with Crippen LogP contribution in [0.25, 0.3) is 6.08 Å². The second-order valence-corrected chi connectivity index (χ2v) is 5.92. The molecule has 26 heavy (non-hydrogen) atoms. The van der Waals surface area contributed by atoms with Crippen LogP contribution in [0.4, 0.5) is 0 Å². The van der Waals surface area contributed by atoms with E-state index in [9.17, 15) is 4.79 Å². The molecule has 2 rings (SSSR count). The third kappa shape index (κ3) is 5.96. The van der Waals surface area contributed by atoms with Gasteiger partial charge in [0.1, 0.15) is 17.2 Å². The molecule has 0 aliphatic carbocycles. The number of rotatable bonds is 10. The molecular formula is C22H26O4. The molecule has 4 heteroatoms. The molecule has 0 saturated heterocycles. The number of unbranched alkanes of at least 4 members (excludes halogenated alkanes) is 2. The van der Waals surface area contributed by atoms with Crippen molar-refractivity contribution in [2.24, 2.45) is 0 Å². The van der Waals surface area contributed by atoms with E-state index in [1.54, 1.807) is 44.6 Å². The predicted octanol–water partition coefficient (Wildman–Crippen LogP) is 5.17. The molecule has 0 aromatic heterocycles. The first-order valence-electron chi connectivity index (χ1n) is 8.84. The molecule has 0 unspecified atom stereocenters. The fraction of sp³-hybridized carbons (Fsp3) is 0.318. The van der Waals surface area contributed by atoms with Crippen molar-refractivity contribution < 1.29 is 19.0 Å². The topological polar surface area (TPSA) is 44.8 Å². The lowest BCUT2D eigenvalue weighted by Crippen LogP contribution is -1.98. The number of ether oxygens (including phenoxy) is 3. The van der Waals surface area contributed by atoms with Gasteiger partial charge in [-0.1, -0.05) is 25.8 Å². The molecular weight excluding hydrogens is 328 g/mol. The normalized spacial score (nSPS) is 10.7. The van der Waals surface area contributed by atoms with Crippen molar-refractivity contribution in [3.8, 4) is 17.2 Å². The van der Waals surface area contributed by atoms with Crippen LogP contribution in [0.5, 0.6) is 17.2 Å². The molecule has 0 aliphatic heterocycles. The van der Waals surface area contributed by atoms with Crippen molar-refractivity contribution in [1.29, 1.82) is 0 Å². The monoisotopic (exact) mass is 354 g/mol. The van der Waals surface area contributed by atoms with Gasteiger partial charge in [0, 0.05) is 11.6 Å². The maximum absolute atomic E-state index is 12.3. The fourth-order valence-corrected chi connectivity index (χ4v) is 2.45. The lowest BCUT2D eigenvalue weighted by atomic mass is 10.1. The summed E-state index contributed by atoms with van der Waals surface area (Å²) in [5.41, 5.74) is 1.46. The van der Waals surface area contributed by atoms with Crippen LogP contribution in [0.2, 0.25) is 0 Å². The Morgan fingerprint density at radius 3 is 2.15 bits per heavy atom. The van der Waals surface area contributed by atoms with E-state index in [2.05, 4.69) is 6.92 Å². The highest BCUT2D eigenvalue weighted by Gasteiger charge is 2.04. The fourth-order valence-electron chi connectivity index (χ4n) is 2.45. The summed E-state index contributed by atoms with van der Waals surface area (Å²) in [5, 5.41) is 0. The second kappa shape index (κ2) is 10.3. The lowest BCUT2D eigenvalue weighted by Gasteiger charge is -2.06. The number of hydrogen-bond donors (Lipinski definition) is 0. The average molecular weight is 354 g/mol. The zero-order valence-electron chi connectivity index (χ0n) is 15.7. The molecule has 0 saturated carbocycles. The van der Waals surface area contributed by atoms with Gasteiger partial charge in [-0.15, -0.1) is 0 Å². The Kier molecular flexibility index (Phi) is 7.75. The van der Waals surface area contributed by atoms with Crippen molar-refractivity contribution in [3.05, 3.63) is 59.7 Å². The summed E-state index contributed by atoms with van der Waals surface area (Å²) in [7, 11) is 3.19. The molecule has 0 aliphatic rings. The standard InChI is InChI=1S/C22H26O4/c1-4-5-6-13-26-19-10-8-18(9-11-19)22(23)12-7-17-14-20(24-2)16-21(15-17)25-3/h7-12,14-16H,4-6,13H2,1-3H3. The molecule has 0 heterocycles. The van der Waals surface area contributed by atoms with Crippen LogP contribution in [0.15, 0.2) is 48.5 Å². The first-order valence-corrected chi connectivity index (χ1v) is 8.84. The van der Waals surface area contributed by atoms with Gasteiger partial charge in [0.05, 0.1) is 20.8 Å². The van der Waals surface area contributed by atoms with E-state index in [1.807, 2.05) is 24.3 Å². The minimum absolute atomic E-state index is 0.0654. The summed E-state index contributed by atoms with van der Waals surface area (Å²) in [4.78, 5) is 12.3. The first-order chi connectivity index (χ1) is 12.7. The van der Waals surface area contributed by atoms with Crippen molar-refractivity contribution in [2.45, 2.75) is 26.2 Å². The number of hydrogen-bond acceptors (Lipinski definition) is 4. The molecule has 2 aromatic rings. The van der Waals surface area contributed by atoms with Crippen molar-refractivity contribution in [1.82, 2.24) is 0 Å². The van der Waals surface area contributed by atoms with Gasteiger partial charge in [-0.25, -0.2) is 0 Å². The number of carbonyl (C=O) groups excluding carboxylic acids is 1. The average Bonchev–Trinajstić information content (AvgIpc) is 2.69. The highest BCUT2D eigenvalue weighted by molar-refractivity contribution is 6.06. The Morgan fingerprint density at radius 1 is 0.923 bits per heavy atom. The van der Waals surface area contributed by atoms with E-state index in [1.165, 1.54) is 6.42 Å². The Labute approximate surface area is 155 Å². The van der Waals surface area contributed by atoms with Crippen molar-refractivity contribution in [2.75, 3.05) is 20.8 Å². The number of allylic oxidation sites excluding steroid dienone is 1. The van der Waals surface area contributed by atoms with Gasteiger partial charge in [-0.2, -0.15) is 0 Å². The Morgan fingerprint density at radius 2 is 1.58 bits per heavy atom. The molecule has 0 amide bonds. The quantitative estimate of drug-likeness (QED) is 0.335. The maximum atomic E-state index is 12.3. The zero-order chi connectivity index (χ0) is 18.8. The summed E-state index contributed by atoms with van der Waals surface area (Å²) in [6, 6.07) is 12.7. The highest BCUT2D eigenvalue weighted by atomic mass is 16.5. The Bertz CT molecular complexity index is 710. The molecule has 0 spiro atoms. The highest BCUT2D eigenvalue weighted by Crippen LogP contribution is 2.23. The van der Waals surface area contributed by atoms with Gasteiger partial charge in [0.15, 0.2) is 5.78 Å². The van der Waals surface area contributed by atoms with Gasteiger partial charge < -0.3 is 14.2 Å². The molecule has 0 atom stereocenters. The van der Waals surface area contributed by atoms with Crippen LogP contribution in [0.3, 0.4) is 0 Å². The van der Waals surface area contributed by atoms with Gasteiger partial charge >= 0.3 is 0 Å². The minimum Gasteiger partial charge on any atom is -0.497 e. The Hall–Kier alpha value is -2.75. The maximum Gasteiger partial charge on any atom is 0.185 e. The first kappa shape index (κ1) is 19.6. The van der Waals surface area contributed by atoms with Crippen LogP contribution in [-0.2, 0) is 0 Å². The summed E-state index contributed by atoms with van der Waals surface area (Å²) in [6.45, 7) is 2.87. The molecule has 2 aromatic carbocycles. The molecule has 0 bridgehead atoms. The van der Waals surface area contributed by atoms with Gasteiger partial charge in [0.25, 0.3) is 0 Å². The van der Waals surface area contributed by atoms with Crippen molar-refractivity contribution >= 4 is 11.9 Å². The van der Waals surface area contributed by atoms with Crippen LogP contribution >= 0.6 is 0 Å². The molecule has 0 radical (unpaired) electrons. The molecule has 138 valence electrons. The number of carbonyl (C=O) groups is 1. The van der Waals surface area contributed by atoms with Gasteiger partial charge in [-0.05, 0) is 54.5 Å². The second-order valence-electron chi connectivity index (χ2n) is 5.92. The minimum atomic E-state index is -0.0654. The summed E-state index contributed by atoms with van der Waals surface area (Å²) in [5.74, 6) is 2.09. The number of methoxy groups -OCH3 is 2. The number of benzene rings is 2. The predicted molar refractivity (Wildman–Crippen MR) is 104 cm³/mol. The third-order valence-corrected chi connectivity index (χ3v) is 3.96. The number of ketones is 1. The smallest absolute Gasteiger partial charge is 0.185 e. The molecule has 4 nitrogen and oxygen atoms in total. The van der Waals surface area contributed by atoms with Gasteiger partial charge in [-0.3, -0.25) is 4.79 Å². The summed E-state index contributed by atoms with van der Waals surface area (Å²) < 4.78 is 16.1. The van der Waals surface area contributed by atoms with Gasteiger partial charge in [0.2, 0.25) is 0 Å². The molecule has 0 N–H and O–H groups in total. The van der Waals surface area contributed by atoms with Crippen LogP contribution < -0.4 is 14.2 Å². The van der Waals surface area contributed by atoms with E-state index in [-0.39, 0.29) is 5.78 Å². The SMILES string of the molecule is CCCCCOc1ccc(C(=O)C=Cc2cc(OC)cc(OC)c2)cc1. The molecule has 0 fully saturated rings. The zero-order valence-corrected chi connectivity index (χ0v) is 15.7. The lowest BCUT2D eigenvalue weighted by molar-refractivity contribution is 0.104. The van der Waals surface area contributed by atoms with Crippen molar-refractivity contribution in [3.63, 3.8) is 0 Å². The van der Waals surface area contributed by atoms with E-state index >= 15 is 0 Å². The van der Waals surface area contributed by atoms with E-state index in [0.717, 1.165) is 24.2 Å². The van der Waals surface area contributed by atoms with E-state index < -0.39 is 0 Å². The van der Waals surface area contributed by atoms with Crippen LogP contribution in [0.1, 0.15) is 42.1 Å². The summed E-state index contributed by atoms with van der Waals surface area (Å²) >= 11 is 0. The van der Waals surface area contributed by atoms with E-state index in [4.69, 9.17) is 14.2 Å². The third-order valence-electron chi connectivity index (χ3n) is 3.96. The van der Waals surface area contributed by atoms with E-state index in [0.29, 0.717) is 23.7 Å².